The summed E-state index contributed by atoms with van der Waals surface area (Å²) in [5.74, 6) is 0.202. The number of nitrogens with zero attached hydrogens (tertiary/aromatic N) is 4. The normalized spacial score (nSPS) is 18.2. The van der Waals surface area contributed by atoms with Crippen molar-refractivity contribution in [2.24, 2.45) is 21.1 Å². The molecule has 21 heavy (non-hydrogen) atoms. The van der Waals surface area contributed by atoms with Crippen molar-refractivity contribution in [3.05, 3.63) is 24.3 Å². The summed E-state index contributed by atoms with van der Waals surface area (Å²) in [7, 11) is 0. The van der Waals surface area contributed by atoms with Crippen molar-refractivity contribution < 1.29 is 9.53 Å². The minimum absolute atomic E-state index is 0.105. The van der Waals surface area contributed by atoms with Gasteiger partial charge in [0, 0.05) is 0 Å². The number of amides is 1. The number of hydrogen-bond donors (Lipinski definition) is 1. The average Bonchev–Trinajstić information content (AvgIpc) is 2.74. The van der Waals surface area contributed by atoms with E-state index in [1.807, 2.05) is 19.1 Å². The van der Waals surface area contributed by atoms with Crippen molar-refractivity contribution in [2.45, 2.75) is 19.9 Å². The smallest absolute Gasteiger partial charge is 0.282 e. The van der Waals surface area contributed by atoms with Crippen LogP contribution in [0.4, 0.5) is 5.69 Å². The second-order valence-electron chi connectivity index (χ2n) is 4.25. The molecule has 0 saturated carbocycles. The number of para-hydroxylation sites is 1. The van der Waals surface area contributed by atoms with E-state index in [1.54, 1.807) is 19.1 Å². The van der Waals surface area contributed by atoms with E-state index in [4.69, 9.17) is 22.7 Å². The van der Waals surface area contributed by atoms with E-state index in [2.05, 4.69) is 15.3 Å². The monoisotopic (exact) mass is 305 g/mol. The Balaban J connectivity index is 2.21. The molecular weight excluding hydrogens is 290 g/mol. The summed E-state index contributed by atoms with van der Waals surface area (Å²) in [6, 6.07) is 6.39. The van der Waals surface area contributed by atoms with E-state index in [9.17, 15) is 4.79 Å². The van der Waals surface area contributed by atoms with Gasteiger partial charge in [-0.25, -0.2) is 0 Å². The molecule has 0 fully saturated rings. The van der Waals surface area contributed by atoms with Gasteiger partial charge in [-0.2, -0.15) is 20.3 Å². The molecule has 1 aliphatic heterocycles. The molecule has 8 heteroatoms. The molecule has 1 heterocycles. The maximum atomic E-state index is 12.0. The summed E-state index contributed by atoms with van der Waals surface area (Å²) in [4.78, 5) is 12.0. The number of carbonyl (C=O) groups is 1. The van der Waals surface area contributed by atoms with Crippen molar-refractivity contribution in [1.82, 2.24) is 5.01 Å². The number of thiocarbonyl (C=S) groups is 1. The van der Waals surface area contributed by atoms with Crippen LogP contribution >= 0.6 is 12.2 Å². The predicted octanol–water partition coefficient (Wildman–Crippen LogP) is 2.00. The molecule has 7 nitrogen and oxygen atoms in total. The van der Waals surface area contributed by atoms with Crippen molar-refractivity contribution >= 4 is 34.6 Å². The first-order valence-corrected chi connectivity index (χ1v) is 6.76. The zero-order valence-electron chi connectivity index (χ0n) is 11.7. The van der Waals surface area contributed by atoms with Crippen LogP contribution in [0.25, 0.3) is 0 Å². The van der Waals surface area contributed by atoms with Crippen LogP contribution in [-0.4, -0.2) is 34.4 Å². The van der Waals surface area contributed by atoms with Crippen LogP contribution < -0.4 is 10.5 Å². The van der Waals surface area contributed by atoms with Gasteiger partial charge < -0.3 is 10.5 Å². The third-order valence-corrected chi connectivity index (χ3v) is 2.92. The molecule has 110 valence electrons. The molecule has 1 aliphatic rings. The molecule has 1 amide bonds. The highest BCUT2D eigenvalue weighted by atomic mass is 32.1. The zero-order chi connectivity index (χ0) is 15.4. The minimum Gasteiger partial charge on any atom is -0.492 e. The van der Waals surface area contributed by atoms with Crippen molar-refractivity contribution in [2.75, 3.05) is 6.61 Å². The first-order chi connectivity index (χ1) is 10.0. The van der Waals surface area contributed by atoms with Crippen LogP contribution in [-0.2, 0) is 4.79 Å². The Morgan fingerprint density at radius 2 is 2.24 bits per heavy atom. The minimum atomic E-state index is -0.804. The van der Waals surface area contributed by atoms with Gasteiger partial charge in [0.1, 0.15) is 11.4 Å². The number of carbonyl (C=O) groups excluding carboxylic acids is 1. The third-order valence-electron chi connectivity index (χ3n) is 2.75. The molecule has 1 aromatic carbocycles. The zero-order valence-corrected chi connectivity index (χ0v) is 12.5. The second-order valence-corrected chi connectivity index (χ2v) is 4.67. The maximum absolute atomic E-state index is 12.0. The highest BCUT2D eigenvalue weighted by Gasteiger charge is 2.35. The van der Waals surface area contributed by atoms with Gasteiger partial charge >= 0.3 is 0 Å². The van der Waals surface area contributed by atoms with Gasteiger partial charge in [-0.3, -0.25) is 4.79 Å². The van der Waals surface area contributed by atoms with Gasteiger partial charge in [-0.1, -0.05) is 12.1 Å². The molecule has 2 rings (SSSR count). The van der Waals surface area contributed by atoms with Gasteiger partial charge in [0.05, 0.1) is 12.3 Å². The van der Waals surface area contributed by atoms with E-state index < -0.39 is 11.9 Å². The molecule has 1 aromatic rings. The highest BCUT2D eigenvalue weighted by molar-refractivity contribution is 7.80. The number of azo groups is 1. The Kier molecular flexibility index (Phi) is 4.59. The lowest BCUT2D eigenvalue weighted by atomic mass is 10.2. The fourth-order valence-electron chi connectivity index (χ4n) is 1.78. The van der Waals surface area contributed by atoms with E-state index >= 15 is 0 Å². The fourth-order valence-corrected chi connectivity index (χ4v) is 1.92. The summed E-state index contributed by atoms with van der Waals surface area (Å²) in [6.07, 6.45) is 0. The number of hydrogen-bond acceptors (Lipinski definition) is 6. The van der Waals surface area contributed by atoms with Crippen molar-refractivity contribution in [3.8, 4) is 5.75 Å². The van der Waals surface area contributed by atoms with Gasteiger partial charge in [0.2, 0.25) is 0 Å². The Morgan fingerprint density at radius 3 is 2.86 bits per heavy atom. The summed E-state index contributed by atoms with van der Waals surface area (Å²) in [6.45, 7) is 4.07. The lowest BCUT2D eigenvalue weighted by molar-refractivity contribution is -0.126. The number of hydrazone groups is 1. The van der Waals surface area contributed by atoms with Crippen LogP contribution in [0.15, 0.2) is 39.6 Å². The van der Waals surface area contributed by atoms with Crippen molar-refractivity contribution in [3.63, 3.8) is 0 Å². The summed E-state index contributed by atoms with van der Waals surface area (Å²) in [5, 5.41) is 13.0. The van der Waals surface area contributed by atoms with E-state index in [0.29, 0.717) is 23.8 Å². The molecule has 0 radical (unpaired) electrons. The SMILES string of the molecule is CCOc1ccccc1N=N[C@H]1C(=O)N(C(N)=S)N=C1C. The largest absolute Gasteiger partial charge is 0.492 e. The standard InChI is InChI=1S/C13H15N5O2S/c1-3-20-10-7-5-4-6-9(10)15-16-11-8(2)17-18(12(11)19)13(14)21/h4-7,11H,3H2,1-2H3,(H2,14,21)/t11-/m1/s1. The number of benzene rings is 1. The number of nitrogens with two attached hydrogens (primary N) is 1. The molecule has 1 atom stereocenters. The van der Waals surface area contributed by atoms with Gasteiger partial charge in [-0.15, -0.1) is 0 Å². The molecule has 2 N–H and O–H groups in total. The van der Waals surface area contributed by atoms with E-state index in [1.165, 1.54) is 0 Å². The van der Waals surface area contributed by atoms with Gasteiger partial charge in [0.15, 0.2) is 11.2 Å². The number of rotatable bonds is 4. The lowest BCUT2D eigenvalue weighted by Gasteiger charge is -2.09. The Hall–Kier alpha value is -2.35. The third kappa shape index (κ3) is 3.22. The Bertz CT molecular complexity index is 629. The van der Waals surface area contributed by atoms with E-state index in [-0.39, 0.29) is 5.11 Å². The van der Waals surface area contributed by atoms with Crippen molar-refractivity contribution in [1.29, 1.82) is 0 Å². The molecular formula is C13H15N5O2S. The molecule has 0 spiro atoms. The Labute approximate surface area is 127 Å². The second kappa shape index (κ2) is 6.40. The van der Waals surface area contributed by atoms with Crippen LogP contribution in [0.5, 0.6) is 5.75 Å². The van der Waals surface area contributed by atoms with Crippen LogP contribution in [0.2, 0.25) is 0 Å². The molecule has 0 saturated heterocycles. The number of ether oxygens (including phenoxy) is 1. The van der Waals surface area contributed by atoms with E-state index in [0.717, 1.165) is 5.01 Å². The summed E-state index contributed by atoms with van der Waals surface area (Å²) < 4.78 is 5.45. The fraction of sp³-hybridized carbons (Fsp3) is 0.308. The predicted molar refractivity (Wildman–Crippen MR) is 82.7 cm³/mol. The molecule has 0 unspecified atom stereocenters. The molecule has 0 aliphatic carbocycles. The summed E-state index contributed by atoms with van der Waals surface area (Å²) >= 11 is 4.75. The van der Waals surface area contributed by atoms with Crippen LogP contribution in [0.3, 0.4) is 0 Å². The van der Waals surface area contributed by atoms with Gasteiger partial charge in [-0.05, 0) is 38.2 Å². The van der Waals surface area contributed by atoms with Crippen LogP contribution in [0, 0.1) is 0 Å². The average molecular weight is 305 g/mol. The topological polar surface area (TPSA) is 92.6 Å². The Morgan fingerprint density at radius 1 is 1.52 bits per heavy atom. The first-order valence-electron chi connectivity index (χ1n) is 6.35. The maximum Gasteiger partial charge on any atom is 0.282 e. The first kappa shape index (κ1) is 15.0. The molecule has 0 aromatic heterocycles. The highest BCUT2D eigenvalue weighted by Crippen LogP contribution is 2.28. The van der Waals surface area contributed by atoms with Gasteiger partial charge in [0.25, 0.3) is 5.91 Å². The van der Waals surface area contributed by atoms with Crippen LogP contribution in [0.1, 0.15) is 13.8 Å². The molecule has 0 bridgehead atoms. The lowest BCUT2D eigenvalue weighted by Crippen LogP contribution is -2.37. The quantitative estimate of drug-likeness (QED) is 0.680. The summed E-state index contributed by atoms with van der Waals surface area (Å²) in [5.41, 5.74) is 6.46.